The Morgan fingerprint density at radius 3 is 2.32 bits per heavy atom. The molecule has 0 bridgehead atoms. The smallest absolute Gasteiger partial charge is 0.410 e. The van der Waals surface area contributed by atoms with Gasteiger partial charge in [0.05, 0.1) is 12.0 Å². The van der Waals surface area contributed by atoms with Crippen molar-refractivity contribution in [2.75, 3.05) is 6.54 Å². The van der Waals surface area contributed by atoms with E-state index >= 15 is 0 Å². The lowest BCUT2D eigenvalue weighted by molar-refractivity contribution is -0.188. The van der Waals surface area contributed by atoms with E-state index in [2.05, 4.69) is 0 Å². The van der Waals surface area contributed by atoms with Crippen LogP contribution >= 0.6 is 0 Å². The number of ether oxygens (including phenoxy) is 1. The minimum absolute atomic E-state index is 0.263. The first-order valence-electron chi connectivity index (χ1n) is 8.60. The predicted molar refractivity (Wildman–Crippen MR) is 90.1 cm³/mol. The molecule has 1 saturated heterocycles. The molecule has 0 N–H and O–H groups in total. The first-order chi connectivity index (χ1) is 11.5. The van der Waals surface area contributed by atoms with Crippen molar-refractivity contribution < 1.29 is 22.7 Å². The largest absolute Gasteiger partial charge is 0.444 e. The standard InChI is InChI=1S/C19H26F3NO2/c1-13(19(20,21)22)15-10-11-23(17(24)25-18(2,3)4)16(12-15)14-8-6-5-7-9-14/h5-9,13,15-16H,10-12H2,1-4H3/t13?,15-,16+/m1/s1. The average molecular weight is 357 g/mol. The summed E-state index contributed by atoms with van der Waals surface area (Å²) in [5, 5.41) is 0. The van der Waals surface area contributed by atoms with Crippen molar-refractivity contribution in [1.82, 2.24) is 4.90 Å². The number of halogens is 3. The second-order valence-electron chi connectivity index (χ2n) is 7.71. The molecule has 0 spiro atoms. The van der Waals surface area contributed by atoms with Gasteiger partial charge in [-0.1, -0.05) is 37.3 Å². The second kappa shape index (κ2) is 7.26. The zero-order valence-electron chi connectivity index (χ0n) is 15.1. The van der Waals surface area contributed by atoms with Crippen LogP contribution in [0, 0.1) is 11.8 Å². The van der Waals surface area contributed by atoms with E-state index in [4.69, 9.17) is 4.74 Å². The molecule has 0 aliphatic carbocycles. The Labute approximate surface area is 147 Å². The van der Waals surface area contributed by atoms with Gasteiger partial charge in [0.15, 0.2) is 0 Å². The van der Waals surface area contributed by atoms with Gasteiger partial charge in [0.2, 0.25) is 0 Å². The number of carbonyl (C=O) groups excluding carboxylic acids is 1. The molecule has 1 amide bonds. The number of hydrogen-bond acceptors (Lipinski definition) is 2. The van der Waals surface area contributed by atoms with Gasteiger partial charge < -0.3 is 9.64 Å². The average Bonchev–Trinajstić information content (AvgIpc) is 2.52. The van der Waals surface area contributed by atoms with Gasteiger partial charge in [-0.15, -0.1) is 0 Å². The van der Waals surface area contributed by atoms with Crippen LogP contribution in [0.2, 0.25) is 0 Å². The van der Waals surface area contributed by atoms with Crippen LogP contribution in [0.15, 0.2) is 30.3 Å². The van der Waals surface area contributed by atoms with Crippen LogP contribution < -0.4 is 0 Å². The van der Waals surface area contributed by atoms with Crippen LogP contribution in [-0.4, -0.2) is 29.3 Å². The summed E-state index contributed by atoms with van der Waals surface area (Å²) in [5.41, 5.74) is 0.196. The van der Waals surface area contributed by atoms with Crippen molar-refractivity contribution in [2.24, 2.45) is 11.8 Å². The zero-order chi connectivity index (χ0) is 18.8. The molecule has 1 aromatic carbocycles. The van der Waals surface area contributed by atoms with Gasteiger partial charge in [-0.3, -0.25) is 0 Å². The second-order valence-corrected chi connectivity index (χ2v) is 7.71. The summed E-state index contributed by atoms with van der Waals surface area (Å²) >= 11 is 0. The van der Waals surface area contributed by atoms with Crippen molar-refractivity contribution in [3.05, 3.63) is 35.9 Å². The maximum Gasteiger partial charge on any atom is 0.410 e. The lowest BCUT2D eigenvalue weighted by atomic mass is 9.80. The number of rotatable bonds is 2. The van der Waals surface area contributed by atoms with Crippen molar-refractivity contribution in [2.45, 2.75) is 58.4 Å². The molecule has 140 valence electrons. The molecule has 2 rings (SSSR count). The topological polar surface area (TPSA) is 29.5 Å². The molecular weight excluding hydrogens is 331 g/mol. The minimum atomic E-state index is -4.22. The van der Waals surface area contributed by atoms with Crippen molar-refractivity contribution >= 4 is 6.09 Å². The number of amides is 1. The van der Waals surface area contributed by atoms with Crippen molar-refractivity contribution in [1.29, 1.82) is 0 Å². The third kappa shape index (κ3) is 5.13. The van der Waals surface area contributed by atoms with Crippen LogP contribution in [-0.2, 0) is 4.74 Å². The molecule has 1 heterocycles. The Hall–Kier alpha value is -1.72. The molecule has 1 fully saturated rings. The van der Waals surface area contributed by atoms with E-state index in [1.807, 2.05) is 30.3 Å². The fraction of sp³-hybridized carbons (Fsp3) is 0.632. The number of piperidine rings is 1. The van der Waals surface area contributed by atoms with Crippen LogP contribution in [0.3, 0.4) is 0 Å². The summed E-state index contributed by atoms with van der Waals surface area (Å²) < 4.78 is 44.9. The molecule has 1 aliphatic rings. The normalized spacial score (nSPS) is 23.2. The third-order valence-corrected chi connectivity index (χ3v) is 4.68. The summed E-state index contributed by atoms with van der Waals surface area (Å²) in [6.45, 7) is 6.83. The van der Waals surface area contributed by atoms with Crippen LogP contribution in [0.5, 0.6) is 0 Å². The molecule has 0 aromatic heterocycles. The molecule has 25 heavy (non-hydrogen) atoms. The molecule has 3 nitrogen and oxygen atoms in total. The Kier molecular flexibility index (Phi) is 5.69. The highest BCUT2D eigenvalue weighted by Gasteiger charge is 2.45. The molecule has 1 unspecified atom stereocenters. The molecule has 1 aliphatic heterocycles. The van der Waals surface area contributed by atoms with E-state index in [9.17, 15) is 18.0 Å². The number of benzene rings is 1. The van der Waals surface area contributed by atoms with Gasteiger partial charge in [-0.25, -0.2) is 4.79 Å². The monoisotopic (exact) mass is 357 g/mol. The minimum Gasteiger partial charge on any atom is -0.444 e. The zero-order valence-corrected chi connectivity index (χ0v) is 15.1. The van der Waals surface area contributed by atoms with Crippen LogP contribution in [0.25, 0.3) is 0 Å². The Balaban J connectivity index is 2.25. The first-order valence-corrected chi connectivity index (χ1v) is 8.60. The SMILES string of the molecule is CC([C@@H]1CCN(C(=O)OC(C)(C)C)[C@H](c2ccccc2)C1)C(F)(F)F. The van der Waals surface area contributed by atoms with Gasteiger partial charge in [0.1, 0.15) is 5.60 Å². The summed E-state index contributed by atoms with van der Waals surface area (Å²) in [6.07, 6.45) is -4.09. The van der Waals surface area contributed by atoms with Crippen molar-refractivity contribution in [3.8, 4) is 0 Å². The lowest BCUT2D eigenvalue weighted by Gasteiger charge is -2.42. The molecule has 0 saturated carbocycles. The molecule has 3 atom stereocenters. The third-order valence-electron chi connectivity index (χ3n) is 4.68. The van der Waals surface area contributed by atoms with E-state index in [1.165, 1.54) is 6.92 Å². The fourth-order valence-corrected chi connectivity index (χ4v) is 3.24. The summed E-state index contributed by atoms with van der Waals surface area (Å²) in [4.78, 5) is 14.1. The van der Waals surface area contributed by atoms with Crippen LogP contribution in [0.4, 0.5) is 18.0 Å². The lowest BCUT2D eigenvalue weighted by Crippen LogP contribution is -2.46. The molecule has 0 radical (unpaired) electrons. The molecular formula is C19H26F3NO2. The van der Waals surface area contributed by atoms with E-state index in [0.717, 1.165) is 5.56 Å². The maximum absolute atomic E-state index is 13.1. The van der Waals surface area contributed by atoms with Gasteiger partial charge in [-0.05, 0) is 45.1 Å². The fourth-order valence-electron chi connectivity index (χ4n) is 3.24. The first kappa shape index (κ1) is 19.6. The van der Waals surface area contributed by atoms with Gasteiger partial charge in [0, 0.05) is 6.54 Å². The Bertz CT molecular complexity index is 581. The summed E-state index contributed by atoms with van der Waals surface area (Å²) in [7, 11) is 0. The summed E-state index contributed by atoms with van der Waals surface area (Å²) in [6, 6.07) is 8.81. The van der Waals surface area contributed by atoms with Gasteiger partial charge >= 0.3 is 12.3 Å². The van der Waals surface area contributed by atoms with E-state index in [-0.39, 0.29) is 13.0 Å². The number of hydrogen-bond donors (Lipinski definition) is 0. The molecule has 6 heteroatoms. The number of likely N-dealkylation sites (tertiary alicyclic amines) is 1. The van der Waals surface area contributed by atoms with E-state index in [1.54, 1.807) is 25.7 Å². The number of carbonyl (C=O) groups is 1. The maximum atomic E-state index is 13.1. The Morgan fingerprint density at radius 1 is 1.20 bits per heavy atom. The van der Waals surface area contributed by atoms with Gasteiger partial charge in [-0.2, -0.15) is 13.2 Å². The highest BCUT2D eigenvalue weighted by atomic mass is 19.4. The quantitative estimate of drug-likeness (QED) is 0.692. The van der Waals surface area contributed by atoms with E-state index < -0.39 is 35.7 Å². The number of nitrogens with zero attached hydrogens (tertiary/aromatic N) is 1. The molecule has 1 aromatic rings. The van der Waals surface area contributed by atoms with E-state index in [0.29, 0.717) is 6.42 Å². The number of alkyl halides is 3. The predicted octanol–water partition coefficient (Wildman–Crippen LogP) is 5.57. The summed E-state index contributed by atoms with van der Waals surface area (Å²) in [5.74, 6) is -1.90. The highest BCUT2D eigenvalue weighted by molar-refractivity contribution is 5.69. The highest BCUT2D eigenvalue weighted by Crippen LogP contribution is 2.43. The van der Waals surface area contributed by atoms with Crippen molar-refractivity contribution in [3.63, 3.8) is 0 Å². The Morgan fingerprint density at radius 2 is 1.80 bits per heavy atom. The van der Waals surface area contributed by atoms with Crippen LogP contribution in [0.1, 0.15) is 52.1 Å². The van der Waals surface area contributed by atoms with Gasteiger partial charge in [0.25, 0.3) is 0 Å².